The molecule has 0 aliphatic carbocycles. The van der Waals surface area contributed by atoms with Crippen LogP contribution in [0.15, 0.2) is 42.5 Å². The predicted octanol–water partition coefficient (Wildman–Crippen LogP) is 4.89. The molecule has 0 saturated heterocycles. The number of carbonyl (C=O) groups excluding carboxylic acids is 1. The van der Waals surface area contributed by atoms with Crippen molar-refractivity contribution < 1.29 is 4.79 Å². The van der Waals surface area contributed by atoms with Crippen LogP contribution in [0.25, 0.3) is 11.4 Å². The topological polar surface area (TPSA) is 71.6 Å². The lowest BCUT2D eigenvalue weighted by Crippen LogP contribution is -2.11. The lowest BCUT2D eigenvalue weighted by molar-refractivity contribution is -0.118. The summed E-state index contributed by atoms with van der Waals surface area (Å²) in [6.45, 7) is 2.58. The minimum atomic E-state index is 0.0737. The molecule has 0 aliphatic rings. The summed E-state index contributed by atoms with van der Waals surface area (Å²) >= 11 is 12.0. The van der Waals surface area contributed by atoms with Crippen molar-refractivity contribution in [2.75, 3.05) is 0 Å². The van der Waals surface area contributed by atoms with Crippen molar-refractivity contribution in [1.82, 2.24) is 14.8 Å². The van der Waals surface area contributed by atoms with E-state index in [0.717, 1.165) is 11.1 Å². The van der Waals surface area contributed by atoms with Crippen LogP contribution >= 0.6 is 23.2 Å². The van der Waals surface area contributed by atoms with Crippen molar-refractivity contribution in [2.24, 2.45) is 0 Å². The number of aromatic nitrogens is 3. The van der Waals surface area contributed by atoms with E-state index in [9.17, 15) is 4.79 Å². The van der Waals surface area contributed by atoms with Gasteiger partial charge in [0, 0.05) is 28.6 Å². The quantitative estimate of drug-likeness (QED) is 0.553. The Morgan fingerprint density at radius 2 is 1.82 bits per heavy atom. The fourth-order valence-corrected chi connectivity index (χ4v) is 3.45. The summed E-state index contributed by atoms with van der Waals surface area (Å²) in [5, 5.41) is 14.5. The van der Waals surface area contributed by atoms with E-state index in [0.29, 0.717) is 46.6 Å². The lowest BCUT2D eigenvalue weighted by Gasteiger charge is -2.04. The zero-order valence-electron chi connectivity index (χ0n) is 15.3. The van der Waals surface area contributed by atoms with Crippen LogP contribution in [0.3, 0.4) is 0 Å². The maximum absolute atomic E-state index is 12.5. The highest BCUT2D eigenvalue weighted by Gasteiger charge is 2.14. The van der Waals surface area contributed by atoms with Crippen LogP contribution in [0.1, 0.15) is 30.3 Å². The lowest BCUT2D eigenvalue weighted by atomic mass is 10.1. The van der Waals surface area contributed by atoms with Gasteiger partial charge in [0.15, 0.2) is 5.82 Å². The summed E-state index contributed by atoms with van der Waals surface area (Å²) < 4.78 is 1.74. The summed E-state index contributed by atoms with van der Waals surface area (Å²) in [6, 6.07) is 14.5. The minimum absolute atomic E-state index is 0.0737. The molecular formula is C21H18Cl2N4O. The summed E-state index contributed by atoms with van der Waals surface area (Å²) in [5.41, 5.74) is 2.32. The van der Waals surface area contributed by atoms with E-state index in [4.69, 9.17) is 28.5 Å². The predicted molar refractivity (Wildman–Crippen MR) is 109 cm³/mol. The summed E-state index contributed by atoms with van der Waals surface area (Å²) in [5.74, 6) is 1.26. The molecule has 5 nitrogen and oxygen atoms in total. The molecule has 1 heterocycles. The first kappa shape index (κ1) is 20.1. The SMILES string of the molecule is CCn1nc(-c2ccc(C#N)cc2)nc1CC(=O)CCc1cc(Cl)cc(Cl)c1. The Bertz CT molecular complexity index is 1020. The highest BCUT2D eigenvalue weighted by Crippen LogP contribution is 2.21. The number of ketones is 1. The Hall–Kier alpha value is -2.68. The molecule has 0 radical (unpaired) electrons. The number of carbonyl (C=O) groups is 1. The Labute approximate surface area is 173 Å². The minimum Gasteiger partial charge on any atom is -0.299 e. The van der Waals surface area contributed by atoms with Gasteiger partial charge in [0.05, 0.1) is 18.1 Å². The Morgan fingerprint density at radius 1 is 1.14 bits per heavy atom. The van der Waals surface area contributed by atoms with Crippen LogP contribution in [-0.4, -0.2) is 20.5 Å². The number of benzene rings is 2. The molecule has 0 atom stereocenters. The van der Waals surface area contributed by atoms with Crippen LogP contribution in [-0.2, 0) is 24.2 Å². The van der Waals surface area contributed by atoms with Crippen molar-refractivity contribution in [3.05, 3.63) is 69.5 Å². The molecule has 2 aromatic carbocycles. The van der Waals surface area contributed by atoms with Crippen LogP contribution < -0.4 is 0 Å². The van der Waals surface area contributed by atoms with E-state index in [1.54, 1.807) is 22.9 Å². The molecule has 0 bridgehead atoms. The molecule has 0 saturated carbocycles. The van der Waals surface area contributed by atoms with E-state index < -0.39 is 0 Å². The Morgan fingerprint density at radius 3 is 2.43 bits per heavy atom. The van der Waals surface area contributed by atoms with Gasteiger partial charge in [-0.25, -0.2) is 9.67 Å². The molecular weight excluding hydrogens is 395 g/mol. The fourth-order valence-electron chi connectivity index (χ4n) is 2.88. The zero-order valence-corrected chi connectivity index (χ0v) is 16.8. The van der Waals surface area contributed by atoms with Crippen LogP contribution in [0.5, 0.6) is 0 Å². The molecule has 0 aliphatic heterocycles. The number of Topliss-reactive ketones (excluding diaryl/α,β-unsaturated/α-hetero) is 1. The van der Waals surface area contributed by atoms with Crippen molar-refractivity contribution >= 4 is 29.0 Å². The number of halogens is 2. The van der Waals surface area contributed by atoms with Gasteiger partial charge in [-0.05, 0) is 61.4 Å². The third-order valence-electron chi connectivity index (χ3n) is 4.29. The summed E-state index contributed by atoms with van der Waals surface area (Å²) in [6.07, 6.45) is 1.16. The van der Waals surface area contributed by atoms with Crippen LogP contribution in [0.4, 0.5) is 0 Å². The molecule has 28 heavy (non-hydrogen) atoms. The second-order valence-corrected chi connectivity index (χ2v) is 7.22. The molecule has 0 N–H and O–H groups in total. The van der Waals surface area contributed by atoms with E-state index in [1.807, 2.05) is 31.2 Å². The van der Waals surface area contributed by atoms with E-state index >= 15 is 0 Å². The van der Waals surface area contributed by atoms with Crippen LogP contribution in [0.2, 0.25) is 10.0 Å². The van der Waals surface area contributed by atoms with Crippen molar-refractivity contribution in [3.63, 3.8) is 0 Å². The summed E-state index contributed by atoms with van der Waals surface area (Å²) in [7, 11) is 0. The maximum Gasteiger partial charge on any atom is 0.181 e. The first-order valence-corrected chi connectivity index (χ1v) is 9.65. The molecule has 0 amide bonds. The molecule has 142 valence electrons. The number of hydrogen-bond acceptors (Lipinski definition) is 4. The second kappa shape index (κ2) is 9.01. The molecule has 3 aromatic rings. The maximum atomic E-state index is 12.5. The summed E-state index contributed by atoms with van der Waals surface area (Å²) in [4.78, 5) is 17.0. The zero-order chi connectivity index (χ0) is 20.1. The molecule has 0 unspecified atom stereocenters. The van der Waals surface area contributed by atoms with Gasteiger partial charge in [-0.1, -0.05) is 23.2 Å². The largest absolute Gasteiger partial charge is 0.299 e. The molecule has 3 rings (SSSR count). The second-order valence-electron chi connectivity index (χ2n) is 6.35. The van der Waals surface area contributed by atoms with Crippen molar-refractivity contribution in [3.8, 4) is 17.5 Å². The Kier molecular flexibility index (Phi) is 6.45. The number of aryl methyl sites for hydroxylation is 2. The van der Waals surface area contributed by atoms with Gasteiger partial charge in [0.2, 0.25) is 0 Å². The molecule has 0 spiro atoms. The van der Waals surface area contributed by atoms with Gasteiger partial charge < -0.3 is 0 Å². The highest BCUT2D eigenvalue weighted by atomic mass is 35.5. The first-order valence-electron chi connectivity index (χ1n) is 8.89. The molecule has 0 fully saturated rings. The van der Waals surface area contributed by atoms with Gasteiger partial charge in [0.25, 0.3) is 0 Å². The number of nitriles is 1. The average Bonchev–Trinajstić information content (AvgIpc) is 3.08. The number of nitrogens with zero attached hydrogens (tertiary/aromatic N) is 4. The third-order valence-corrected chi connectivity index (χ3v) is 4.73. The van der Waals surface area contributed by atoms with Gasteiger partial charge in [0.1, 0.15) is 11.6 Å². The monoisotopic (exact) mass is 412 g/mol. The smallest absolute Gasteiger partial charge is 0.181 e. The third kappa shape index (κ3) is 4.98. The van der Waals surface area contributed by atoms with Gasteiger partial charge in [-0.3, -0.25) is 4.79 Å². The average molecular weight is 413 g/mol. The van der Waals surface area contributed by atoms with Crippen LogP contribution in [0, 0.1) is 11.3 Å². The van der Waals surface area contributed by atoms with Gasteiger partial charge >= 0.3 is 0 Å². The van der Waals surface area contributed by atoms with E-state index in [-0.39, 0.29) is 12.2 Å². The van der Waals surface area contributed by atoms with Gasteiger partial charge in [-0.15, -0.1) is 0 Å². The molecule has 1 aromatic heterocycles. The van der Waals surface area contributed by atoms with E-state index in [2.05, 4.69) is 16.2 Å². The Balaban J connectivity index is 1.69. The number of rotatable bonds is 7. The van der Waals surface area contributed by atoms with E-state index in [1.165, 1.54) is 0 Å². The fraction of sp³-hybridized carbons (Fsp3) is 0.238. The molecule has 7 heteroatoms. The van der Waals surface area contributed by atoms with Crippen molar-refractivity contribution in [2.45, 2.75) is 32.7 Å². The van der Waals surface area contributed by atoms with Crippen molar-refractivity contribution in [1.29, 1.82) is 5.26 Å². The first-order chi connectivity index (χ1) is 13.5. The standard InChI is InChI=1S/C21H18Cl2N4O/c1-2-27-20(25-21(26-27)16-6-3-14(13-24)4-7-16)12-19(28)8-5-15-9-17(22)11-18(23)10-15/h3-4,6-7,9-11H,2,5,8,12H2,1H3. The highest BCUT2D eigenvalue weighted by molar-refractivity contribution is 6.34. The van der Waals surface area contributed by atoms with Gasteiger partial charge in [-0.2, -0.15) is 10.4 Å². The number of hydrogen-bond donors (Lipinski definition) is 0. The normalized spacial score (nSPS) is 10.6.